The molecule has 2 N–H and O–H groups in total. The topological polar surface area (TPSA) is 51.8 Å². The quantitative estimate of drug-likeness (QED) is 0.830. The van der Waals surface area contributed by atoms with Gasteiger partial charge >= 0.3 is 0 Å². The molecule has 0 spiro atoms. The molecule has 16 heavy (non-hydrogen) atoms. The Morgan fingerprint density at radius 2 is 2.12 bits per heavy atom. The SMILES string of the molecule is Cc1cnc(N)nc1-c1ccc(Cl)cc1F. The molecule has 0 radical (unpaired) electrons. The van der Waals surface area contributed by atoms with Crippen molar-refractivity contribution in [1.29, 1.82) is 0 Å². The van der Waals surface area contributed by atoms with Crippen molar-refractivity contribution in [1.82, 2.24) is 9.97 Å². The number of rotatable bonds is 1. The average Bonchev–Trinajstić information content (AvgIpc) is 2.22. The summed E-state index contributed by atoms with van der Waals surface area (Å²) in [5.41, 5.74) is 7.09. The standard InChI is InChI=1S/C11H9ClFN3/c1-6-5-15-11(14)16-10(6)8-3-2-7(12)4-9(8)13/h2-5H,1H3,(H2,14,15,16). The van der Waals surface area contributed by atoms with Crippen molar-refractivity contribution in [3.63, 3.8) is 0 Å². The zero-order valence-corrected chi connectivity index (χ0v) is 9.29. The summed E-state index contributed by atoms with van der Waals surface area (Å²) >= 11 is 5.68. The van der Waals surface area contributed by atoms with Gasteiger partial charge in [-0.2, -0.15) is 0 Å². The zero-order valence-electron chi connectivity index (χ0n) is 8.54. The Morgan fingerprint density at radius 1 is 1.38 bits per heavy atom. The number of nitrogens with zero attached hydrogens (tertiary/aromatic N) is 2. The predicted molar refractivity (Wildman–Crippen MR) is 61.6 cm³/mol. The third-order valence-corrected chi connectivity index (χ3v) is 2.41. The first-order valence-corrected chi connectivity index (χ1v) is 5.00. The Balaban J connectivity index is 2.62. The van der Waals surface area contributed by atoms with Crippen LogP contribution in [0.1, 0.15) is 5.56 Å². The van der Waals surface area contributed by atoms with E-state index in [9.17, 15) is 4.39 Å². The zero-order chi connectivity index (χ0) is 11.7. The maximum absolute atomic E-state index is 13.7. The first-order valence-electron chi connectivity index (χ1n) is 4.62. The lowest BCUT2D eigenvalue weighted by molar-refractivity contribution is 0.630. The van der Waals surface area contributed by atoms with Gasteiger partial charge in [0.15, 0.2) is 0 Å². The number of hydrogen-bond acceptors (Lipinski definition) is 3. The smallest absolute Gasteiger partial charge is 0.220 e. The predicted octanol–water partition coefficient (Wildman–Crippen LogP) is 2.83. The van der Waals surface area contributed by atoms with Crippen LogP contribution in [0.5, 0.6) is 0 Å². The van der Waals surface area contributed by atoms with Gasteiger partial charge in [-0.3, -0.25) is 0 Å². The molecule has 0 bridgehead atoms. The molecule has 1 heterocycles. The van der Waals surface area contributed by atoms with Gasteiger partial charge in [-0.05, 0) is 30.7 Å². The van der Waals surface area contributed by atoms with E-state index in [0.29, 0.717) is 16.3 Å². The number of nitrogens with two attached hydrogens (primary N) is 1. The van der Waals surface area contributed by atoms with Crippen LogP contribution in [0.2, 0.25) is 5.02 Å². The molecule has 2 rings (SSSR count). The number of hydrogen-bond donors (Lipinski definition) is 1. The van der Waals surface area contributed by atoms with Gasteiger partial charge in [0.25, 0.3) is 0 Å². The van der Waals surface area contributed by atoms with E-state index >= 15 is 0 Å². The van der Waals surface area contributed by atoms with E-state index in [1.807, 2.05) is 0 Å². The minimum atomic E-state index is -0.422. The molecular formula is C11H9ClFN3. The summed E-state index contributed by atoms with van der Waals surface area (Å²) in [7, 11) is 0. The van der Waals surface area contributed by atoms with Gasteiger partial charge in [0, 0.05) is 16.8 Å². The maximum Gasteiger partial charge on any atom is 0.220 e. The molecule has 0 unspecified atom stereocenters. The molecule has 3 nitrogen and oxygen atoms in total. The molecule has 0 aliphatic heterocycles. The highest BCUT2D eigenvalue weighted by atomic mass is 35.5. The molecule has 1 aromatic heterocycles. The molecule has 0 saturated heterocycles. The summed E-state index contributed by atoms with van der Waals surface area (Å²) in [6, 6.07) is 4.43. The van der Waals surface area contributed by atoms with E-state index in [4.69, 9.17) is 17.3 Å². The second-order valence-electron chi connectivity index (χ2n) is 3.38. The minimum absolute atomic E-state index is 0.120. The second-order valence-corrected chi connectivity index (χ2v) is 3.82. The van der Waals surface area contributed by atoms with Gasteiger partial charge in [0.2, 0.25) is 5.95 Å². The van der Waals surface area contributed by atoms with Crippen molar-refractivity contribution in [3.05, 3.63) is 40.8 Å². The van der Waals surface area contributed by atoms with Crippen LogP contribution in [0.15, 0.2) is 24.4 Å². The molecule has 5 heteroatoms. The van der Waals surface area contributed by atoms with Gasteiger partial charge in [-0.15, -0.1) is 0 Å². The summed E-state index contributed by atoms with van der Waals surface area (Å²) in [6.07, 6.45) is 1.56. The maximum atomic E-state index is 13.7. The van der Waals surface area contributed by atoms with Crippen LogP contribution < -0.4 is 5.73 Å². The minimum Gasteiger partial charge on any atom is -0.368 e. The molecule has 2 aromatic rings. The van der Waals surface area contributed by atoms with Crippen molar-refractivity contribution in [2.24, 2.45) is 0 Å². The van der Waals surface area contributed by atoms with Crippen molar-refractivity contribution < 1.29 is 4.39 Å². The summed E-state index contributed by atoms with van der Waals surface area (Å²) < 4.78 is 13.7. The molecular weight excluding hydrogens is 229 g/mol. The lowest BCUT2D eigenvalue weighted by Crippen LogP contribution is -1.99. The van der Waals surface area contributed by atoms with E-state index in [1.165, 1.54) is 6.07 Å². The molecule has 0 aliphatic rings. The molecule has 0 fully saturated rings. The van der Waals surface area contributed by atoms with Gasteiger partial charge in [0.05, 0.1) is 5.69 Å². The van der Waals surface area contributed by atoms with Gasteiger partial charge in [-0.25, -0.2) is 14.4 Å². The van der Waals surface area contributed by atoms with Crippen LogP contribution in [0.25, 0.3) is 11.3 Å². The molecule has 0 saturated carbocycles. The number of aromatic nitrogens is 2. The van der Waals surface area contributed by atoms with Crippen LogP contribution in [0, 0.1) is 12.7 Å². The average molecular weight is 238 g/mol. The third-order valence-electron chi connectivity index (χ3n) is 2.18. The molecule has 1 aromatic carbocycles. The van der Waals surface area contributed by atoms with E-state index in [0.717, 1.165) is 5.56 Å². The fourth-order valence-electron chi connectivity index (χ4n) is 1.41. The summed E-state index contributed by atoms with van der Waals surface area (Å²) in [5, 5.41) is 0.348. The summed E-state index contributed by atoms with van der Waals surface area (Å²) in [4.78, 5) is 7.85. The molecule has 82 valence electrons. The van der Waals surface area contributed by atoms with Gasteiger partial charge in [-0.1, -0.05) is 11.6 Å². The first kappa shape index (κ1) is 10.8. The van der Waals surface area contributed by atoms with Crippen molar-refractivity contribution in [2.45, 2.75) is 6.92 Å². The Hall–Kier alpha value is -1.68. The van der Waals surface area contributed by atoms with Crippen molar-refractivity contribution in [3.8, 4) is 11.3 Å². The lowest BCUT2D eigenvalue weighted by Gasteiger charge is -2.06. The first-order chi connectivity index (χ1) is 7.58. The fraction of sp³-hybridized carbons (Fsp3) is 0.0909. The van der Waals surface area contributed by atoms with Crippen LogP contribution in [-0.2, 0) is 0 Å². The molecule has 0 aliphatic carbocycles. The summed E-state index contributed by atoms with van der Waals surface area (Å²) in [6.45, 7) is 1.79. The Labute approximate surface area is 97.1 Å². The second kappa shape index (κ2) is 4.06. The normalized spacial score (nSPS) is 10.4. The van der Waals surface area contributed by atoms with E-state index in [1.54, 1.807) is 25.3 Å². The largest absolute Gasteiger partial charge is 0.368 e. The third kappa shape index (κ3) is 1.97. The molecule has 0 amide bonds. The highest BCUT2D eigenvalue weighted by molar-refractivity contribution is 6.30. The van der Waals surface area contributed by atoms with Crippen LogP contribution in [0.4, 0.5) is 10.3 Å². The van der Waals surface area contributed by atoms with Gasteiger partial charge in [0.1, 0.15) is 5.82 Å². The van der Waals surface area contributed by atoms with Gasteiger partial charge < -0.3 is 5.73 Å². The summed E-state index contributed by atoms with van der Waals surface area (Å²) in [5.74, 6) is -0.302. The Bertz CT molecular complexity index is 543. The number of anilines is 1. The Kier molecular flexibility index (Phi) is 2.75. The van der Waals surface area contributed by atoms with E-state index in [2.05, 4.69) is 9.97 Å². The number of benzene rings is 1. The highest BCUT2D eigenvalue weighted by Crippen LogP contribution is 2.26. The fourth-order valence-corrected chi connectivity index (χ4v) is 1.57. The van der Waals surface area contributed by atoms with Crippen LogP contribution in [-0.4, -0.2) is 9.97 Å². The van der Waals surface area contributed by atoms with Crippen LogP contribution in [0.3, 0.4) is 0 Å². The van der Waals surface area contributed by atoms with Crippen molar-refractivity contribution >= 4 is 17.5 Å². The number of nitrogen functional groups attached to an aromatic ring is 1. The van der Waals surface area contributed by atoms with E-state index < -0.39 is 5.82 Å². The van der Waals surface area contributed by atoms with Crippen LogP contribution >= 0.6 is 11.6 Å². The number of halogens is 2. The highest BCUT2D eigenvalue weighted by Gasteiger charge is 2.10. The lowest BCUT2D eigenvalue weighted by atomic mass is 10.1. The monoisotopic (exact) mass is 237 g/mol. The van der Waals surface area contributed by atoms with Crippen molar-refractivity contribution in [2.75, 3.05) is 5.73 Å². The van der Waals surface area contributed by atoms with E-state index in [-0.39, 0.29) is 5.95 Å². The number of aryl methyl sites for hydroxylation is 1. The molecule has 0 atom stereocenters. The Morgan fingerprint density at radius 3 is 2.81 bits per heavy atom.